The van der Waals surface area contributed by atoms with E-state index in [1.807, 2.05) is 31.3 Å². The van der Waals surface area contributed by atoms with Crippen molar-refractivity contribution in [1.29, 1.82) is 0 Å². The quantitative estimate of drug-likeness (QED) is 0.796. The van der Waals surface area contributed by atoms with Gasteiger partial charge in [-0.15, -0.1) is 0 Å². The number of carbonyl (C=O) groups is 1. The first-order valence-electron chi connectivity index (χ1n) is 6.86. The molecule has 0 N–H and O–H groups in total. The molecular weight excluding hydrogens is 266 g/mol. The van der Waals surface area contributed by atoms with Gasteiger partial charge < -0.3 is 14.4 Å². The van der Waals surface area contributed by atoms with Crippen molar-refractivity contribution >= 4 is 17.3 Å². The largest absolute Gasteiger partial charge is 0.371 e. The fourth-order valence-electron chi connectivity index (χ4n) is 2.59. The lowest BCUT2D eigenvalue weighted by molar-refractivity contribution is 0.0986. The molecule has 0 aliphatic carbocycles. The minimum atomic E-state index is -0.120. The summed E-state index contributed by atoms with van der Waals surface area (Å²) in [6.07, 6.45) is 1.59. The molecule has 0 bridgehead atoms. The molecule has 3 rings (SSSR count). The molecule has 2 heterocycles. The average Bonchev–Trinajstić information content (AvgIpc) is 2.50. The van der Waals surface area contributed by atoms with Gasteiger partial charge in [0, 0.05) is 39.4 Å². The number of carbonyl (C=O) groups excluding carboxylic acids is 1. The Kier molecular flexibility index (Phi) is 3.25. The smallest absolute Gasteiger partial charge is 0.259 e. The first kappa shape index (κ1) is 13.4. The van der Waals surface area contributed by atoms with Crippen molar-refractivity contribution in [3.63, 3.8) is 0 Å². The molecule has 1 aromatic heterocycles. The zero-order valence-corrected chi connectivity index (χ0v) is 12.1. The number of hydrogen-bond acceptors (Lipinski definition) is 3. The van der Waals surface area contributed by atoms with Gasteiger partial charge in [-0.2, -0.15) is 0 Å². The van der Waals surface area contributed by atoms with Crippen LogP contribution in [0, 0.1) is 0 Å². The predicted molar refractivity (Wildman–Crippen MR) is 83.1 cm³/mol. The summed E-state index contributed by atoms with van der Waals surface area (Å²) in [4.78, 5) is 28.1. The minimum absolute atomic E-state index is 0.0776. The number of anilines is 2. The summed E-state index contributed by atoms with van der Waals surface area (Å²) >= 11 is 0. The molecule has 1 aromatic carbocycles. The van der Waals surface area contributed by atoms with E-state index < -0.39 is 0 Å². The van der Waals surface area contributed by atoms with Gasteiger partial charge in [-0.25, -0.2) is 0 Å². The zero-order chi connectivity index (χ0) is 15.0. The maximum absolute atomic E-state index is 12.7. The molecule has 108 valence electrons. The number of pyridine rings is 1. The monoisotopic (exact) mass is 283 g/mol. The number of hydrogen-bond donors (Lipinski definition) is 0. The van der Waals surface area contributed by atoms with Crippen molar-refractivity contribution in [2.75, 3.05) is 29.9 Å². The highest BCUT2D eigenvalue weighted by molar-refractivity contribution is 6.08. The number of nitrogens with zero attached hydrogens (tertiary/aromatic N) is 3. The van der Waals surface area contributed by atoms with Crippen LogP contribution in [-0.4, -0.2) is 30.6 Å². The van der Waals surface area contributed by atoms with Crippen molar-refractivity contribution in [2.24, 2.45) is 7.05 Å². The second kappa shape index (κ2) is 5.09. The molecule has 0 spiro atoms. The van der Waals surface area contributed by atoms with Crippen molar-refractivity contribution in [3.8, 4) is 0 Å². The highest BCUT2D eigenvalue weighted by Gasteiger charge is 2.25. The van der Waals surface area contributed by atoms with E-state index in [-0.39, 0.29) is 11.5 Å². The molecule has 21 heavy (non-hydrogen) atoms. The summed E-state index contributed by atoms with van der Waals surface area (Å²) in [7, 11) is 3.67. The average molecular weight is 283 g/mol. The Morgan fingerprint density at radius 3 is 2.43 bits per heavy atom. The predicted octanol–water partition coefficient (Wildman–Crippen LogP) is 1.48. The Morgan fingerprint density at radius 2 is 1.71 bits per heavy atom. The fraction of sp³-hybridized carbons (Fsp3) is 0.250. The molecule has 0 radical (unpaired) electrons. The highest BCUT2D eigenvalue weighted by Crippen LogP contribution is 2.32. The molecule has 5 heteroatoms. The van der Waals surface area contributed by atoms with Crippen LogP contribution in [0.5, 0.6) is 0 Å². The number of amides is 1. The third kappa shape index (κ3) is 2.31. The summed E-state index contributed by atoms with van der Waals surface area (Å²) < 4.78 is 1.43. The van der Waals surface area contributed by atoms with Crippen LogP contribution in [0.15, 0.2) is 47.4 Å². The summed E-state index contributed by atoms with van der Waals surface area (Å²) in [6, 6.07) is 10.9. The second-order valence-corrected chi connectivity index (χ2v) is 5.23. The third-order valence-electron chi connectivity index (χ3n) is 3.82. The first-order valence-corrected chi connectivity index (χ1v) is 6.86. The molecule has 5 nitrogen and oxygen atoms in total. The Morgan fingerprint density at radius 1 is 1.00 bits per heavy atom. The van der Waals surface area contributed by atoms with E-state index in [1.165, 1.54) is 10.6 Å². The SMILES string of the molecule is CN1CCN(C(=O)c2ccc(=O)n(C)c2)c2ccccc21. The van der Waals surface area contributed by atoms with Gasteiger partial charge in [0.2, 0.25) is 5.56 Å². The van der Waals surface area contributed by atoms with Gasteiger partial charge in [0.1, 0.15) is 0 Å². The van der Waals surface area contributed by atoms with Crippen molar-refractivity contribution in [2.45, 2.75) is 0 Å². The van der Waals surface area contributed by atoms with Crippen LogP contribution in [0.1, 0.15) is 10.4 Å². The molecule has 0 atom stereocenters. The minimum Gasteiger partial charge on any atom is -0.371 e. The van der Waals surface area contributed by atoms with Crippen LogP contribution in [0.25, 0.3) is 0 Å². The van der Waals surface area contributed by atoms with E-state index in [9.17, 15) is 9.59 Å². The van der Waals surface area contributed by atoms with E-state index in [2.05, 4.69) is 4.90 Å². The van der Waals surface area contributed by atoms with Gasteiger partial charge in [-0.3, -0.25) is 9.59 Å². The normalized spacial score (nSPS) is 14.0. The second-order valence-electron chi connectivity index (χ2n) is 5.23. The Bertz CT molecular complexity index is 751. The van der Waals surface area contributed by atoms with E-state index in [0.29, 0.717) is 12.1 Å². The maximum Gasteiger partial charge on any atom is 0.259 e. The Hall–Kier alpha value is -2.56. The number of aromatic nitrogens is 1. The summed E-state index contributed by atoms with van der Waals surface area (Å²) in [5, 5.41) is 0. The van der Waals surface area contributed by atoms with E-state index >= 15 is 0 Å². The molecule has 0 fully saturated rings. The molecule has 0 unspecified atom stereocenters. The lowest BCUT2D eigenvalue weighted by Crippen LogP contribution is -2.42. The van der Waals surface area contributed by atoms with Gasteiger partial charge in [-0.05, 0) is 18.2 Å². The molecule has 0 saturated heterocycles. The van der Waals surface area contributed by atoms with Crippen LogP contribution >= 0.6 is 0 Å². The Balaban J connectivity index is 2.01. The molecule has 1 amide bonds. The van der Waals surface area contributed by atoms with Crippen molar-refractivity contribution in [3.05, 3.63) is 58.5 Å². The maximum atomic E-state index is 12.7. The van der Waals surface area contributed by atoms with Crippen molar-refractivity contribution in [1.82, 2.24) is 4.57 Å². The summed E-state index contributed by atoms with van der Waals surface area (Å²) in [5.74, 6) is -0.0776. The van der Waals surface area contributed by atoms with Gasteiger partial charge in [-0.1, -0.05) is 12.1 Å². The van der Waals surface area contributed by atoms with E-state index in [0.717, 1.165) is 17.9 Å². The number of para-hydroxylation sites is 2. The van der Waals surface area contributed by atoms with Gasteiger partial charge >= 0.3 is 0 Å². The number of aryl methyl sites for hydroxylation is 1. The van der Waals surface area contributed by atoms with Crippen LogP contribution in [-0.2, 0) is 7.05 Å². The number of likely N-dealkylation sites (N-methyl/N-ethyl adjacent to an activating group) is 1. The van der Waals surface area contributed by atoms with E-state index in [4.69, 9.17) is 0 Å². The molecule has 0 saturated carbocycles. The lowest BCUT2D eigenvalue weighted by atomic mass is 10.1. The topological polar surface area (TPSA) is 45.6 Å². The molecule has 1 aliphatic heterocycles. The number of rotatable bonds is 1. The summed E-state index contributed by atoms with van der Waals surface area (Å²) in [5.41, 5.74) is 2.36. The highest BCUT2D eigenvalue weighted by atomic mass is 16.2. The number of benzene rings is 1. The molecule has 1 aliphatic rings. The van der Waals surface area contributed by atoms with Crippen LogP contribution in [0.3, 0.4) is 0 Å². The van der Waals surface area contributed by atoms with E-state index in [1.54, 1.807) is 24.2 Å². The molecule has 2 aromatic rings. The van der Waals surface area contributed by atoms with Gasteiger partial charge in [0.15, 0.2) is 0 Å². The standard InChI is InChI=1S/C16H17N3O2/c1-17-9-10-19(14-6-4-3-5-13(14)17)16(21)12-7-8-15(20)18(2)11-12/h3-8,11H,9-10H2,1-2H3. The lowest BCUT2D eigenvalue weighted by Gasteiger charge is -2.35. The first-order chi connectivity index (χ1) is 10.1. The zero-order valence-electron chi connectivity index (χ0n) is 12.1. The van der Waals surface area contributed by atoms with Crippen LogP contribution in [0.4, 0.5) is 11.4 Å². The fourth-order valence-corrected chi connectivity index (χ4v) is 2.59. The van der Waals surface area contributed by atoms with Gasteiger partial charge in [0.05, 0.1) is 16.9 Å². The van der Waals surface area contributed by atoms with Gasteiger partial charge in [0.25, 0.3) is 5.91 Å². The van der Waals surface area contributed by atoms with Crippen LogP contribution in [0.2, 0.25) is 0 Å². The van der Waals surface area contributed by atoms with Crippen LogP contribution < -0.4 is 15.4 Å². The summed E-state index contributed by atoms with van der Waals surface area (Å²) in [6.45, 7) is 1.42. The molecular formula is C16H17N3O2. The third-order valence-corrected chi connectivity index (χ3v) is 3.82. The van der Waals surface area contributed by atoms with Crippen molar-refractivity contribution < 1.29 is 4.79 Å². The Labute approximate surface area is 123 Å². The number of fused-ring (bicyclic) bond motifs is 1.